The SMILES string of the molecule is CCCCCCCCC(CCCCCCCC)OC(=O)CCCCN(CCCCCC(=O)OCCCCC)CCCNc1c(NC)c(=O)c1=O. The molecule has 9 nitrogen and oxygen atoms in total. The lowest BCUT2D eigenvalue weighted by Gasteiger charge is -2.23. The second-order valence-electron chi connectivity index (χ2n) is 14.2. The van der Waals surface area contributed by atoms with Crippen molar-refractivity contribution < 1.29 is 19.1 Å². The topological polar surface area (TPSA) is 114 Å². The first-order valence-electron chi connectivity index (χ1n) is 20.7. The Hall–Kier alpha value is -2.42. The van der Waals surface area contributed by atoms with Crippen molar-refractivity contribution >= 4 is 23.3 Å². The van der Waals surface area contributed by atoms with Crippen LogP contribution in [0, 0.1) is 0 Å². The van der Waals surface area contributed by atoms with Crippen molar-refractivity contribution in [3.8, 4) is 0 Å². The van der Waals surface area contributed by atoms with E-state index in [1.807, 2.05) is 0 Å². The van der Waals surface area contributed by atoms with Crippen LogP contribution in [0.1, 0.15) is 181 Å². The van der Waals surface area contributed by atoms with Crippen molar-refractivity contribution in [3.05, 3.63) is 20.4 Å². The largest absolute Gasteiger partial charge is 0.466 e. The average molecular weight is 706 g/mol. The number of ether oxygens (including phenoxy) is 2. The number of rotatable bonds is 36. The van der Waals surface area contributed by atoms with Gasteiger partial charge in [-0.25, -0.2) is 0 Å². The Balaban J connectivity index is 2.51. The van der Waals surface area contributed by atoms with Crippen molar-refractivity contribution in [2.75, 3.05) is 50.5 Å². The molecule has 0 radical (unpaired) electrons. The first-order valence-corrected chi connectivity index (χ1v) is 20.7. The Kier molecular flexibility index (Phi) is 28.6. The molecule has 0 aliphatic heterocycles. The van der Waals surface area contributed by atoms with E-state index in [4.69, 9.17) is 9.47 Å². The summed E-state index contributed by atoms with van der Waals surface area (Å²) in [5, 5.41) is 5.94. The molecule has 0 amide bonds. The molecule has 0 aliphatic rings. The normalized spacial score (nSPS) is 11.5. The van der Waals surface area contributed by atoms with Crippen LogP contribution in [-0.4, -0.2) is 62.8 Å². The summed E-state index contributed by atoms with van der Waals surface area (Å²) in [4.78, 5) is 50.9. The highest BCUT2D eigenvalue weighted by molar-refractivity contribution is 5.73. The van der Waals surface area contributed by atoms with Gasteiger partial charge in [-0.15, -0.1) is 0 Å². The second-order valence-corrected chi connectivity index (χ2v) is 14.2. The molecule has 1 aromatic rings. The van der Waals surface area contributed by atoms with Gasteiger partial charge in [0, 0.05) is 26.4 Å². The van der Waals surface area contributed by atoms with E-state index >= 15 is 0 Å². The quantitative estimate of drug-likeness (QED) is 0.0401. The molecular formula is C41H75N3O6. The standard InChI is InChI=1S/C41H75N3O6/c1-5-8-11-13-15-18-26-35(27-19-16-14-12-9-6-2)50-37(46)29-21-23-32-44(31-22-17-20-28-36(45)49-34-24-10-7-3)33-25-30-43-39-38(42-4)40(47)41(39)48/h35,42-43H,5-34H2,1-4H3. The third-order valence-corrected chi connectivity index (χ3v) is 9.64. The lowest BCUT2D eigenvalue weighted by atomic mass is 10.0. The monoisotopic (exact) mass is 706 g/mol. The third kappa shape index (κ3) is 22.4. The van der Waals surface area contributed by atoms with Gasteiger partial charge >= 0.3 is 11.9 Å². The Morgan fingerprint density at radius 3 is 1.68 bits per heavy atom. The fraction of sp³-hybridized carbons (Fsp3) is 0.854. The first-order chi connectivity index (χ1) is 24.4. The van der Waals surface area contributed by atoms with E-state index in [1.165, 1.54) is 64.2 Å². The number of nitrogens with zero attached hydrogens (tertiary/aromatic N) is 1. The van der Waals surface area contributed by atoms with Crippen LogP contribution in [0.15, 0.2) is 9.59 Å². The van der Waals surface area contributed by atoms with Crippen molar-refractivity contribution in [1.29, 1.82) is 0 Å². The molecule has 0 unspecified atom stereocenters. The number of carbonyl (C=O) groups excluding carboxylic acids is 2. The number of nitrogens with one attached hydrogen (secondary N) is 2. The summed E-state index contributed by atoms with van der Waals surface area (Å²) in [5.74, 6) is -0.158. The molecule has 50 heavy (non-hydrogen) atoms. The number of hydrogen-bond donors (Lipinski definition) is 2. The van der Waals surface area contributed by atoms with Gasteiger partial charge in [0.15, 0.2) is 0 Å². The molecule has 0 bridgehead atoms. The minimum atomic E-state index is -0.462. The Bertz CT molecular complexity index is 1040. The number of carbonyl (C=O) groups is 2. The maximum absolute atomic E-state index is 12.9. The fourth-order valence-corrected chi connectivity index (χ4v) is 6.46. The fourth-order valence-electron chi connectivity index (χ4n) is 6.46. The van der Waals surface area contributed by atoms with Gasteiger partial charge in [-0.1, -0.05) is 104 Å². The van der Waals surface area contributed by atoms with E-state index in [1.54, 1.807) is 7.05 Å². The minimum Gasteiger partial charge on any atom is -0.466 e. The van der Waals surface area contributed by atoms with Gasteiger partial charge in [-0.2, -0.15) is 0 Å². The molecular weight excluding hydrogens is 630 g/mol. The number of unbranched alkanes of at least 4 members (excludes halogenated alkanes) is 15. The van der Waals surface area contributed by atoms with Gasteiger partial charge in [0.05, 0.1) is 6.61 Å². The molecule has 0 aromatic heterocycles. The van der Waals surface area contributed by atoms with Gasteiger partial charge < -0.3 is 25.0 Å². The van der Waals surface area contributed by atoms with Gasteiger partial charge in [-0.3, -0.25) is 19.2 Å². The van der Waals surface area contributed by atoms with Crippen LogP contribution in [0.5, 0.6) is 0 Å². The van der Waals surface area contributed by atoms with Gasteiger partial charge in [-0.05, 0) is 83.8 Å². The van der Waals surface area contributed by atoms with E-state index in [9.17, 15) is 19.2 Å². The van der Waals surface area contributed by atoms with Gasteiger partial charge in [0.2, 0.25) is 0 Å². The summed E-state index contributed by atoms with van der Waals surface area (Å²) >= 11 is 0. The molecule has 0 atom stereocenters. The molecule has 0 spiro atoms. The van der Waals surface area contributed by atoms with Crippen LogP contribution >= 0.6 is 0 Å². The molecule has 2 N–H and O–H groups in total. The van der Waals surface area contributed by atoms with Crippen LogP contribution in [0.3, 0.4) is 0 Å². The van der Waals surface area contributed by atoms with E-state index in [2.05, 4.69) is 36.3 Å². The summed E-state index contributed by atoms with van der Waals surface area (Å²) in [5.41, 5.74) is -0.168. The van der Waals surface area contributed by atoms with Crippen molar-refractivity contribution in [3.63, 3.8) is 0 Å². The molecule has 290 valence electrons. The Labute approximate surface area is 305 Å². The summed E-state index contributed by atoms with van der Waals surface area (Å²) in [6.07, 6.45) is 26.4. The van der Waals surface area contributed by atoms with E-state index in [0.29, 0.717) is 37.4 Å². The third-order valence-electron chi connectivity index (χ3n) is 9.64. The predicted octanol–water partition coefficient (Wildman–Crippen LogP) is 9.31. The summed E-state index contributed by atoms with van der Waals surface area (Å²) in [7, 11) is 1.65. The van der Waals surface area contributed by atoms with E-state index in [0.717, 1.165) is 103 Å². The van der Waals surface area contributed by atoms with Crippen molar-refractivity contribution in [2.24, 2.45) is 0 Å². The zero-order valence-corrected chi connectivity index (χ0v) is 32.7. The van der Waals surface area contributed by atoms with E-state index in [-0.39, 0.29) is 18.0 Å². The lowest BCUT2D eigenvalue weighted by molar-refractivity contribution is -0.150. The van der Waals surface area contributed by atoms with Crippen LogP contribution in [0.2, 0.25) is 0 Å². The molecule has 0 saturated carbocycles. The van der Waals surface area contributed by atoms with Gasteiger partial charge in [0.1, 0.15) is 17.5 Å². The average Bonchev–Trinajstić information content (AvgIpc) is 3.11. The number of anilines is 2. The van der Waals surface area contributed by atoms with Crippen LogP contribution < -0.4 is 21.5 Å². The highest BCUT2D eigenvalue weighted by atomic mass is 16.5. The minimum absolute atomic E-state index is 0.0499. The number of hydrogen-bond acceptors (Lipinski definition) is 9. The molecule has 0 fully saturated rings. The Morgan fingerprint density at radius 2 is 1.06 bits per heavy atom. The zero-order valence-electron chi connectivity index (χ0n) is 32.7. The molecule has 9 heteroatoms. The molecule has 1 aromatic carbocycles. The maximum atomic E-state index is 12.9. The Morgan fingerprint density at radius 1 is 0.580 bits per heavy atom. The van der Waals surface area contributed by atoms with Crippen LogP contribution in [0.4, 0.5) is 11.4 Å². The van der Waals surface area contributed by atoms with Crippen molar-refractivity contribution in [2.45, 2.75) is 187 Å². The van der Waals surface area contributed by atoms with Crippen LogP contribution in [0.25, 0.3) is 0 Å². The summed E-state index contributed by atoms with van der Waals surface area (Å²) in [6.45, 7) is 10.4. The smallest absolute Gasteiger partial charge is 0.306 e. The highest BCUT2D eigenvalue weighted by Crippen LogP contribution is 2.18. The van der Waals surface area contributed by atoms with Crippen LogP contribution in [-0.2, 0) is 19.1 Å². The lowest BCUT2D eigenvalue weighted by Crippen LogP contribution is -2.37. The predicted molar refractivity (Wildman–Crippen MR) is 209 cm³/mol. The molecule has 0 aliphatic carbocycles. The highest BCUT2D eigenvalue weighted by Gasteiger charge is 2.19. The van der Waals surface area contributed by atoms with Gasteiger partial charge in [0.25, 0.3) is 10.9 Å². The van der Waals surface area contributed by atoms with Crippen molar-refractivity contribution in [1.82, 2.24) is 4.90 Å². The molecule has 1 rings (SSSR count). The summed E-state index contributed by atoms with van der Waals surface area (Å²) < 4.78 is 11.4. The summed E-state index contributed by atoms with van der Waals surface area (Å²) in [6, 6.07) is 0. The molecule has 0 heterocycles. The number of esters is 2. The second kappa shape index (κ2) is 31.3. The van der Waals surface area contributed by atoms with E-state index < -0.39 is 10.9 Å². The maximum Gasteiger partial charge on any atom is 0.306 e. The first kappa shape index (κ1) is 45.6. The molecule has 0 saturated heterocycles. The zero-order chi connectivity index (χ0) is 36.7.